The molecule has 10 heteroatoms. The second-order valence-electron chi connectivity index (χ2n) is 9.75. The van der Waals surface area contributed by atoms with E-state index >= 15 is 0 Å². The molecule has 0 bridgehead atoms. The summed E-state index contributed by atoms with van der Waals surface area (Å²) in [4.78, 5) is 56.8. The number of carbonyl (C=O) groups excluding carboxylic acids is 4. The van der Waals surface area contributed by atoms with E-state index in [1.54, 1.807) is 40.1 Å². The zero-order chi connectivity index (χ0) is 27.5. The number of nitrogens with one attached hydrogen (secondary N) is 1. The lowest BCUT2D eigenvalue weighted by atomic mass is 9.99. The molecule has 2 aromatic carbocycles. The summed E-state index contributed by atoms with van der Waals surface area (Å²) in [5, 5.41) is 4.70. The molecule has 2 atom stereocenters. The van der Waals surface area contributed by atoms with E-state index in [0.29, 0.717) is 42.3 Å². The largest absolute Gasteiger partial charge is 0.438 e. The summed E-state index contributed by atoms with van der Waals surface area (Å²) < 4.78 is 5.82. The second kappa shape index (κ2) is 11.3. The molecule has 4 amide bonds. The van der Waals surface area contributed by atoms with Crippen LogP contribution in [0.4, 0.5) is 10.5 Å². The molecule has 5 rings (SSSR count). The molecule has 2 saturated heterocycles. The fourth-order valence-corrected chi connectivity index (χ4v) is 5.61. The number of hydrogen-bond donors (Lipinski definition) is 1. The lowest BCUT2D eigenvalue weighted by Gasteiger charge is -2.37. The van der Waals surface area contributed by atoms with Crippen LogP contribution in [0.3, 0.4) is 0 Å². The van der Waals surface area contributed by atoms with Crippen LogP contribution < -0.4 is 5.32 Å². The molecule has 9 nitrogen and oxygen atoms in total. The molecule has 0 saturated carbocycles. The summed E-state index contributed by atoms with van der Waals surface area (Å²) in [6.45, 7) is 5.41. The molecular formula is C29H30N4O5S. The molecule has 0 spiro atoms. The molecule has 1 aromatic heterocycles. The Labute approximate surface area is 231 Å². The number of cyclic esters (lactones) is 1. The summed E-state index contributed by atoms with van der Waals surface area (Å²) >= 11 is 1.36. The first-order valence-electron chi connectivity index (χ1n) is 12.8. The van der Waals surface area contributed by atoms with E-state index in [4.69, 9.17) is 4.74 Å². The van der Waals surface area contributed by atoms with Gasteiger partial charge in [0.1, 0.15) is 0 Å². The molecular weight excluding hydrogens is 516 g/mol. The third kappa shape index (κ3) is 5.80. The van der Waals surface area contributed by atoms with Gasteiger partial charge in [0, 0.05) is 38.8 Å². The molecule has 39 heavy (non-hydrogen) atoms. The smallest absolute Gasteiger partial charge is 0.411 e. The van der Waals surface area contributed by atoms with E-state index in [1.165, 1.54) is 23.2 Å². The summed E-state index contributed by atoms with van der Waals surface area (Å²) in [6, 6.07) is 17.5. The number of anilines is 1. The van der Waals surface area contributed by atoms with Gasteiger partial charge in [-0.3, -0.25) is 19.3 Å². The van der Waals surface area contributed by atoms with E-state index in [9.17, 15) is 19.2 Å². The predicted molar refractivity (Wildman–Crippen MR) is 147 cm³/mol. The molecule has 3 heterocycles. The van der Waals surface area contributed by atoms with Gasteiger partial charge in [0.25, 0.3) is 5.91 Å². The summed E-state index contributed by atoms with van der Waals surface area (Å²) in [5.74, 6) is -0.435. The molecule has 3 aromatic rings. The third-order valence-corrected chi connectivity index (χ3v) is 7.92. The molecule has 202 valence electrons. The van der Waals surface area contributed by atoms with Crippen molar-refractivity contribution < 1.29 is 23.9 Å². The highest BCUT2D eigenvalue weighted by Gasteiger charge is 2.48. The van der Waals surface area contributed by atoms with Crippen LogP contribution in [0, 0.1) is 6.92 Å². The van der Waals surface area contributed by atoms with Crippen molar-refractivity contribution in [3.8, 4) is 0 Å². The highest BCUT2D eigenvalue weighted by Crippen LogP contribution is 2.36. The lowest BCUT2D eigenvalue weighted by Crippen LogP contribution is -2.55. The van der Waals surface area contributed by atoms with E-state index in [-0.39, 0.29) is 24.3 Å². The van der Waals surface area contributed by atoms with E-state index in [0.717, 1.165) is 11.1 Å². The molecule has 0 radical (unpaired) electrons. The van der Waals surface area contributed by atoms with Gasteiger partial charge < -0.3 is 19.9 Å². The zero-order valence-electron chi connectivity index (χ0n) is 21.8. The number of hydrogen-bond acceptors (Lipinski definition) is 6. The molecule has 0 unspecified atom stereocenters. The Morgan fingerprint density at radius 3 is 2.33 bits per heavy atom. The average Bonchev–Trinajstić information content (AvgIpc) is 3.58. The molecule has 0 aliphatic carbocycles. The topological polar surface area (TPSA) is 99.3 Å². The zero-order valence-corrected chi connectivity index (χ0v) is 22.6. The van der Waals surface area contributed by atoms with Gasteiger partial charge in [-0.2, -0.15) is 0 Å². The number of nitrogens with zero attached hydrogens (tertiary/aromatic N) is 3. The van der Waals surface area contributed by atoms with Crippen molar-refractivity contribution in [3.63, 3.8) is 0 Å². The minimum absolute atomic E-state index is 0.0216. The quantitative estimate of drug-likeness (QED) is 0.503. The van der Waals surface area contributed by atoms with E-state index < -0.39 is 18.2 Å². The van der Waals surface area contributed by atoms with Crippen molar-refractivity contribution in [1.29, 1.82) is 0 Å². The van der Waals surface area contributed by atoms with Crippen molar-refractivity contribution in [2.45, 2.75) is 32.5 Å². The maximum absolute atomic E-state index is 13.9. The number of amides is 4. The fraction of sp³-hybridized carbons (Fsp3) is 0.310. The summed E-state index contributed by atoms with van der Waals surface area (Å²) in [5.41, 5.74) is 3.21. The van der Waals surface area contributed by atoms with Gasteiger partial charge in [-0.25, -0.2) is 4.79 Å². The van der Waals surface area contributed by atoms with Crippen LogP contribution in [0.2, 0.25) is 0 Å². The van der Waals surface area contributed by atoms with Crippen LogP contribution in [-0.2, 0) is 20.9 Å². The van der Waals surface area contributed by atoms with Crippen molar-refractivity contribution in [3.05, 3.63) is 87.6 Å². The Hall–Kier alpha value is -4.18. The van der Waals surface area contributed by atoms with Crippen molar-refractivity contribution in [1.82, 2.24) is 14.7 Å². The Bertz CT molecular complexity index is 1370. The maximum Gasteiger partial charge on any atom is 0.411 e. The van der Waals surface area contributed by atoms with Gasteiger partial charge in [0.15, 0.2) is 12.1 Å². The number of carbonyl (C=O) groups is 4. The Balaban J connectivity index is 1.39. The number of thiophene rings is 1. The summed E-state index contributed by atoms with van der Waals surface area (Å²) in [7, 11) is 0. The standard InChI is InChI=1S/C29H30N4O5S/c1-19-5-3-6-21(17-19)18-33-25(28(36)32-14-12-31(13-15-32)20(2)34)26(38-29(33)37)22-8-10-23(11-9-22)30-27(35)24-7-4-16-39-24/h3-11,16-17,25-26H,12-15,18H2,1-2H3,(H,30,35)/t25-,26-/m1/s1. The molecule has 1 N–H and O–H groups in total. The average molecular weight is 547 g/mol. The molecule has 2 aliphatic rings. The monoisotopic (exact) mass is 546 g/mol. The van der Waals surface area contributed by atoms with Crippen molar-refractivity contribution in [2.75, 3.05) is 31.5 Å². The Morgan fingerprint density at radius 2 is 1.69 bits per heavy atom. The van der Waals surface area contributed by atoms with E-state index in [2.05, 4.69) is 5.32 Å². The second-order valence-corrected chi connectivity index (χ2v) is 10.7. The fourth-order valence-electron chi connectivity index (χ4n) is 4.99. The van der Waals surface area contributed by atoms with Gasteiger partial charge >= 0.3 is 6.09 Å². The molecule has 2 aliphatic heterocycles. The number of piperazine rings is 1. The minimum Gasteiger partial charge on any atom is -0.438 e. The number of aryl methyl sites for hydroxylation is 1. The van der Waals surface area contributed by atoms with Crippen LogP contribution in [0.1, 0.15) is 39.4 Å². The van der Waals surface area contributed by atoms with Gasteiger partial charge in [-0.15, -0.1) is 11.3 Å². The van der Waals surface area contributed by atoms with Crippen LogP contribution in [0.25, 0.3) is 0 Å². The van der Waals surface area contributed by atoms with Crippen molar-refractivity contribution in [2.24, 2.45) is 0 Å². The highest BCUT2D eigenvalue weighted by molar-refractivity contribution is 7.12. The molecule has 2 fully saturated rings. The Morgan fingerprint density at radius 1 is 0.974 bits per heavy atom. The maximum atomic E-state index is 13.9. The van der Waals surface area contributed by atoms with Gasteiger partial charge in [-0.1, -0.05) is 48.0 Å². The number of ether oxygens (including phenoxy) is 1. The van der Waals surface area contributed by atoms with Crippen molar-refractivity contribution >= 4 is 40.8 Å². The number of benzene rings is 2. The van der Waals surface area contributed by atoms with Gasteiger partial charge in [0.2, 0.25) is 11.8 Å². The van der Waals surface area contributed by atoms with Crippen LogP contribution in [-0.4, -0.2) is 70.7 Å². The minimum atomic E-state index is -0.867. The SMILES string of the molecule is CC(=O)N1CCN(C(=O)[C@H]2[C@@H](c3ccc(NC(=O)c4cccs4)cc3)OC(=O)N2Cc2cccc(C)c2)CC1. The van der Waals surface area contributed by atoms with Crippen LogP contribution in [0.5, 0.6) is 0 Å². The number of rotatable bonds is 6. The first kappa shape index (κ1) is 26.4. The van der Waals surface area contributed by atoms with Gasteiger partial charge in [-0.05, 0) is 41.6 Å². The third-order valence-electron chi connectivity index (χ3n) is 7.05. The lowest BCUT2D eigenvalue weighted by molar-refractivity contribution is -0.142. The normalized spacial score (nSPS) is 19.1. The summed E-state index contributed by atoms with van der Waals surface area (Å²) in [6.07, 6.45) is -1.38. The van der Waals surface area contributed by atoms with Crippen LogP contribution in [0.15, 0.2) is 66.0 Å². The first-order chi connectivity index (χ1) is 18.8. The van der Waals surface area contributed by atoms with E-state index in [1.807, 2.05) is 42.6 Å². The first-order valence-corrected chi connectivity index (χ1v) is 13.7. The Kier molecular flexibility index (Phi) is 7.65. The highest BCUT2D eigenvalue weighted by atomic mass is 32.1. The van der Waals surface area contributed by atoms with Gasteiger partial charge in [0.05, 0.1) is 11.4 Å². The van der Waals surface area contributed by atoms with Crippen LogP contribution >= 0.6 is 11.3 Å². The predicted octanol–water partition coefficient (Wildman–Crippen LogP) is 4.06.